The minimum absolute atomic E-state index is 0.131. The first-order chi connectivity index (χ1) is 10.6. The van der Waals surface area contributed by atoms with Gasteiger partial charge in [-0.15, -0.1) is 0 Å². The highest BCUT2D eigenvalue weighted by Gasteiger charge is 2.37. The quantitative estimate of drug-likeness (QED) is 0.854. The van der Waals surface area contributed by atoms with Crippen LogP contribution >= 0.6 is 0 Å². The molecule has 0 N–H and O–H groups in total. The number of rotatable bonds is 3. The van der Waals surface area contributed by atoms with Gasteiger partial charge in [0.05, 0.1) is 12.7 Å². The Bertz CT molecular complexity index is 658. The van der Waals surface area contributed by atoms with Crippen LogP contribution in [0.2, 0.25) is 0 Å². The van der Waals surface area contributed by atoms with Crippen LogP contribution in [0.4, 0.5) is 0 Å². The first kappa shape index (κ1) is 14.0. The Morgan fingerprint density at radius 3 is 2.73 bits per heavy atom. The summed E-state index contributed by atoms with van der Waals surface area (Å²) in [6.07, 6.45) is 6.61. The van der Waals surface area contributed by atoms with Crippen LogP contribution in [0.1, 0.15) is 47.8 Å². The number of nitrogens with zero attached hydrogens (tertiary/aromatic N) is 2. The molecule has 5 nitrogen and oxygen atoms in total. The molecule has 1 amide bonds. The van der Waals surface area contributed by atoms with E-state index in [1.54, 1.807) is 17.2 Å². The van der Waals surface area contributed by atoms with Crippen molar-refractivity contribution in [3.05, 3.63) is 33.7 Å². The number of carbonyl (C=O) groups excluding carboxylic acids is 1. The zero-order chi connectivity index (χ0) is 15.3. The molecule has 0 radical (unpaired) electrons. The van der Waals surface area contributed by atoms with Crippen molar-refractivity contribution in [3.8, 4) is 0 Å². The molecule has 1 atom stereocenters. The third-order valence-corrected chi connectivity index (χ3v) is 4.98. The topological polar surface area (TPSA) is 51.5 Å². The number of pyridine rings is 1. The summed E-state index contributed by atoms with van der Waals surface area (Å²) in [7, 11) is 0. The van der Waals surface area contributed by atoms with E-state index in [0.717, 1.165) is 18.5 Å². The molecule has 2 heterocycles. The summed E-state index contributed by atoms with van der Waals surface area (Å²) in [5.41, 5.74) is 1.10. The predicted octanol–water partition coefficient (Wildman–Crippen LogP) is 1.74. The Balaban J connectivity index is 1.59. The predicted molar refractivity (Wildman–Crippen MR) is 82.1 cm³/mol. The van der Waals surface area contributed by atoms with Crippen molar-refractivity contribution >= 4 is 5.91 Å². The standard InChI is InChI=1S/C17H22N2O3/c1-11-8-15(20)14(9-19(11)13-4-5-13)17(21)18-6-7-22-16(10-18)12-2-3-12/h8-9,12-13,16H,2-7,10H2,1H3. The van der Waals surface area contributed by atoms with E-state index in [2.05, 4.69) is 4.57 Å². The lowest BCUT2D eigenvalue weighted by atomic mass is 10.1. The van der Waals surface area contributed by atoms with Crippen LogP contribution in [0.15, 0.2) is 17.1 Å². The molecule has 2 aliphatic carbocycles. The molecule has 1 aromatic rings. The monoisotopic (exact) mass is 302 g/mol. The maximum Gasteiger partial charge on any atom is 0.259 e. The van der Waals surface area contributed by atoms with Crippen molar-refractivity contribution < 1.29 is 9.53 Å². The first-order valence-electron chi connectivity index (χ1n) is 8.27. The van der Waals surface area contributed by atoms with Gasteiger partial charge in [-0.3, -0.25) is 9.59 Å². The third kappa shape index (κ3) is 2.58. The van der Waals surface area contributed by atoms with Crippen molar-refractivity contribution in [3.63, 3.8) is 0 Å². The summed E-state index contributed by atoms with van der Waals surface area (Å²) in [6.45, 7) is 3.72. The van der Waals surface area contributed by atoms with Gasteiger partial charge in [0.25, 0.3) is 5.91 Å². The number of ether oxygens (including phenoxy) is 1. The summed E-state index contributed by atoms with van der Waals surface area (Å²) in [5, 5.41) is 0. The highest BCUT2D eigenvalue weighted by Crippen LogP contribution is 2.36. The number of hydrogen-bond acceptors (Lipinski definition) is 3. The molecule has 0 bridgehead atoms. The second-order valence-corrected chi connectivity index (χ2v) is 6.83. The summed E-state index contributed by atoms with van der Waals surface area (Å²) in [5.74, 6) is 0.477. The van der Waals surface area contributed by atoms with Gasteiger partial charge in [-0.25, -0.2) is 0 Å². The second kappa shape index (κ2) is 5.23. The number of amides is 1. The van der Waals surface area contributed by atoms with Crippen molar-refractivity contribution in [2.45, 2.75) is 44.8 Å². The molecular formula is C17H22N2O3. The summed E-state index contributed by atoms with van der Waals surface area (Å²) < 4.78 is 7.85. The lowest BCUT2D eigenvalue weighted by Crippen LogP contribution is -2.47. The van der Waals surface area contributed by atoms with E-state index in [9.17, 15) is 9.59 Å². The van der Waals surface area contributed by atoms with E-state index in [4.69, 9.17) is 4.74 Å². The molecule has 1 aliphatic heterocycles. The number of aryl methyl sites for hydroxylation is 1. The van der Waals surface area contributed by atoms with E-state index >= 15 is 0 Å². The average molecular weight is 302 g/mol. The van der Waals surface area contributed by atoms with Gasteiger partial charge in [-0.1, -0.05) is 0 Å². The fourth-order valence-electron chi connectivity index (χ4n) is 3.34. The van der Waals surface area contributed by atoms with Gasteiger partial charge < -0.3 is 14.2 Å². The third-order valence-electron chi connectivity index (χ3n) is 4.98. The van der Waals surface area contributed by atoms with Crippen molar-refractivity contribution in [2.24, 2.45) is 5.92 Å². The number of morpholine rings is 1. The van der Waals surface area contributed by atoms with Crippen LogP contribution in [-0.2, 0) is 4.74 Å². The van der Waals surface area contributed by atoms with Gasteiger partial charge in [-0.05, 0) is 38.5 Å². The zero-order valence-electron chi connectivity index (χ0n) is 13.0. The first-order valence-corrected chi connectivity index (χ1v) is 8.27. The molecule has 0 spiro atoms. The molecule has 118 valence electrons. The Labute approximate surface area is 129 Å². The lowest BCUT2D eigenvalue weighted by Gasteiger charge is -2.33. The smallest absolute Gasteiger partial charge is 0.259 e. The van der Waals surface area contributed by atoms with Crippen LogP contribution in [0.25, 0.3) is 0 Å². The molecule has 22 heavy (non-hydrogen) atoms. The fraction of sp³-hybridized carbons (Fsp3) is 0.647. The van der Waals surface area contributed by atoms with Crippen LogP contribution in [0.3, 0.4) is 0 Å². The number of aromatic nitrogens is 1. The van der Waals surface area contributed by atoms with E-state index in [1.807, 2.05) is 6.92 Å². The molecule has 3 aliphatic rings. The summed E-state index contributed by atoms with van der Waals surface area (Å²) in [6, 6.07) is 2.07. The van der Waals surface area contributed by atoms with Gasteiger partial charge in [0.1, 0.15) is 5.56 Å². The van der Waals surface area contributed by atoms with E-state index < -0.39 is 0 Å². The minimum atomic E-state index is -0.158. The van der Waals surface area contributed by atoms with E-state index in [1.165, 1.54) is 12.8 Å². The van der Waals surface area contributed by atoms with Crippen molar-refractivity contribution in [2.75, 3.05) is 19.7 Å². The average Bonchev–Trinajstić information content (AvgIpc) is 3.39. The largest absolute Gasteiger partial charge is 0.374 e. The van der Waals surface area contributed by atoms with Gasteiger partial charge in [0, 0.05) is 37.1 Å². The molecule has 4 rings (SSSR count). The highest BCUT2D eigenvalue weighted by atomic mass is 16.5. The number of hydrogen-bond donors (Lipinski definition) is 0. The molecular weight excluding hydrogens is 280 g/mol. The summed E-state index contributed by atoms with van der Waals surface area (Å²) >= 11 is 0. The normalized spacial score (nSPS) is 25.3. The Morgan fingerprint density at radius 2 is 2.05 bits per heavy atom. The number of carbonyl (C=O) groups is 1. The van der Waals surface area contributed by atoms with Gasteiger partial charge in [0.2, 0.25) is 0 Å². The Kier molecular flexibility index (Phi) is 3.33. The molecule has 3 fully saturated rings. The molecule has 1 saturated heterocycles. The molecule has 1 aromatic heterocycles. The molecule has 2 saturated carbocycles. The maximum absolute atomic E-state index is 12.8. The Morgan fingerprint density at radius 1 is 1.27 bits per heavy atom. The second-order valence-electron chi connectivity index (χ2n) is 6.83. The van der Waals surface area contributed by atoms with E-state index in [-0.39, 0.29) is 17.4 Å². The highest BCUT2D eigenvalue weighted by molar-refractivity contribution is 5.94. The van der Waals surface area contributed by atoms with Crippen LogP contribution in [0.5, 0.6) is 0 Å². The molecule has 0 aromatic carbocycles. The Hall–Kier alpha value is -1.62. The van der Waals surface area contributed by atoms with Crippen molar-refractivity contribution in [1.29, 1.82) is 0 Å². The van der Waals surface area contributed by atoms with Gasteiger partial charge in [-0.2, -0.15) is 0 Å². The van der Waals surface area contributed by atoms with Crippen LogP contribution in [-0.4, -0.2) is 41.2 Å². The SMILES string of the molecule is Cc1cc(=O)c(C(=O)N2CCOC(C3CC3)C2)cn1C1CC1. The van der Waals surface area contributed by atoms with E-state index in [0.29, 0.717) is 37.2 Å². The molecule has 1 unspecified atom stereocenters. The fourth-order valence-corrected chi connectivity index (χ4v) is 3.34. The van der Waals surface area contributed by atoms with Gasteiger partial charge >= 0.3 is 0 Å². The van der Waals surface area contributed by atoms with Crippen LogP contribution < -0.4 is 5.43 Å². The molecule has 5 heteroatoms. The maximum atomic E-state index is 12.8. The lowest BCUT2D eigenvalue weighted by molar-refractivity contribution is -0.0314. The summed E-state index contributed by atoms with van der Waals surface area (Å²) in [4.78, 5) is 26.8. The minimum Gasteiger partial charge on any atom is -0.374 e. The van der Waals surface area contributed by atoms with Crippen molar-refractivity contribution in [1.82, 2.24) is 9.47 Å². The van der Waals surface area contributed by atoms with Crippen LogP contribution in [0, 0.1) is 12.8 Å². The van der Waals surface area contributed by atoms with Gasteiger partial charge in [0.15, 0.2) is 5.43 Å². The zero-order valence-corrected chi connectivity index (χ0v) is 13.0.